The van der Waals surface area contributed by atoms with Gasteiger partial charge >= 0.3 is 0 Å². The van der Waals surface area contributed by atoms with Crippen molar-refractivity contribution in [3.05, 3.63) is 41.2 Å². The zero-order valence-corrected chi connectivity index (χ0v) is 7.55. The van der Waals surface area contributed by atoms with E-state index in [1.165, 1.54) is 12.1 Å². The average molecular weight is 202 g/mol. The number of phenolic OH excluding ortho intramolecular Hbond substituents is 1. The molecule has 0 fully saturated rings. The van der Waals surface area contributed by atoms with Crippen molar-refractivity contribution in [1.29, 1.82) is 0 Å². The Morgan fingerprint density at radius 1 is 1.62 bits per heavy atom. The Bertz CT molecular complexity index is 341. The van der Waals surface area contributed by atoms with Crippen molar-refractivity contribution in [3.8, 4) is 5.75 Å². The van der Waals surface area contributed by atoms with Crippen LogP contribution in [0, 0.1) is 5.82 Å². The lowest BCUT2D eigenvalue weighted by atomic mass is 10.1. The molecule has 0 aliphatic rings. The second kappa shape index (κ2) is 3.77. The van der Waals surface area contributed by atoms with E-state index in [0.29, 0.717) is 0 Å². The van der Waals surface area contributed by atoms with Gasteiger partial charge in [-0.25, -0.2) is 4.39 Å². The molecule has 0 amide bonds. The van der Waals surface area contributed by atoms with Crippen LogP contribution < -0.4 is 5.73 Å². The lowest BCUT2D eigenvalue weighted by Crippen LogP contribution is -2.08. The van der Waals surface area contributed by atoms with Crippen LogP contribution in [0.4, 0.5) is 4.39 Å². The standard InChI is InChI=1S/C9H9ClFNO/c1-2-7(12)8-5(10)3-4-6(11)9(8)13/h2-4,7,13H,1,12H2/t7-/m1/s1. The summed E-state index contributed by atoms with van der Waals surface area (Å²) in [5.74, 6) is -1.25. The molecule has 0 heterocycles. The van der Waals surface area contributed by atoms with Gasteiger partial charge in [0.1, 0.15) is 0 Å². The van der Waals surface area contributed by atoms with Crippen LogP contribution in [0.25, 0.3) is 0 Å². The van der Waals surface area contributed by atoms with E-state index in [2.05, 4.69) is 6.58 Å². The third kappa shape index (κ3) is 1.82. The van der Waals surface area contributed by atoms with E-state index in [1.807, 2.05) is 0 Å². The van der Waals surface area contributed by atoms with Crippen LogP contribution in [0.5, 0.6) is 5.75 Å². The van der Waals surface area contributed by atoms with Gasteiger partial charge in [-0.15, -0.1) is 6.58 Å². The first-order valence-electron chi connectivity index (χ1n) is 3.63. The first-order valence-corrected chi connectivity index (χ1v) is 4.00. The van der Waals surface area contributed by atoms with Crippen molar-refractivity contribution in [3.63, 3.8) is 0 Å². The van der Waals surface area contributed by atoms with Gasteiger partial charge in [-0.05, 0) is 12.1 Å². The van der Waals surface area contributed by atoms with Crippen molar-refractivity contribution >= 4 is 11.6 Å². The van der Waals surface area contributed by atoms with Gasteiger partial charge in [0, 0.05) is 10.6 Å². The summed E-state index contributed by atoms with van der Waals surface area (Å²) in [6.07, 6.45) is 1.38. The minimum Gasteiger partial charge on any atom is -0.505 e. The van der Waals surface area contributed by atoms with E-state index in [9.17, 15) is 9.50 Å². The lowest BCUT2D eigenvalue weighted by Gasteiger charge is -2.11. The fourth-order valence-corrected chi connectivity index (χ4v) is 1.27. The van der Waals surface area contributed by atoms with Gasteiger partial charge in [0.2, 0.25) is 0 Å². The van der Waals surface area contributed by atoms with Crippen molar-refractivity contribution < 1.29 is 9.50 Å². The summed E-state index contributed by atoms with van der Waals surface area (Å²) in [5, 5.41) is 9.52. The highest BCUT2D eigenvalue weighted by Crippen LogP contribution is 2.32. The van der Waals surface area contributed by atoms with Gasteiger partial charge < -0.3 is 10.8 Å². The zero-order valence-electron chi connectivity index (χ0n) is 6.80. The summed E-state index contributed by atoms with van der Waals surface area (Å²) in [5.41, 5.74) is 5.70. The summed E-state index contributed by atoms with van der Waals surface area (Å²) in [6.45, 7) is 3.43. The lowest BCUT2D eigenvalue weighted by molar-refractivity contribution is 0.424. The molecular weight excluding hydrogens is 193 g/mol. The van der Waals surface area contributed by atoms with Crippen LogP contribution in [-0.2, 0) is 0 Å². The van der Waals surface area contributed by atoms with E-state index in [-0.39, 0.29) is 10.6 Å². The van der Waals surface area contributed by atoms with E-state index < -0.39 is 17.6 Å². The first-order chi connectivity index (χ1) is 6.07. The van der Waals surface area contributed by atoms with Gasteiger partial charge in [0.15, 0.2) is 11.6 Å². The Morgan fingerprint density at radius 2 is 2.23 bits per heavy atom. The van der Waals surface area contributed by atoms with Crippen LogP contribution in [0.1, 0.15) is 11.6 Å². The Morgan fingerprint density at radius 3 is 2.77 bits per heavy atom. The van der Waals surface area contributed by atoms with Crippen LogP contribution in [0.3, 0.4) is 0 Å². The molecule has 0 aliphatic carbocycles. The minimum atomic E-state index is -0.739. The van der Waals surface area contributed by atoms with E-state index in [1.54, 1.807) is 0 Å². The minimum absolute atomic E-state index is 0.164. The highest BCUT2D eigenvalue weighted by atomic mass is 35.5. The number of benzene rings is 1. The number of halogens is 2. The molecule has 4 heteroatoms. The van der Waals surface area contributed by atoms with Gasteiger partial charge in [-0.3, -0.25) is 0 Å². The van der Waals surface area contributed by atoms with Crippen molar-refractivity contribution in [2.24, 2.45) is 5.73 Å². The van der Waals surface area contributed by atoms with Gasteiger partial charge in [-0.1, -0.05) is 17.7 Å². The summed E-state index contributed by atoms with van der Waals surface area (Å²) < 4.78 is 12.9. The van der Waals surface area contributed by atoms with Gasteiger partial charge in [0.25, 0.3) is 0 Å². The predicted molar refractivity (Wildman–Crippen MR) is 50.2 cm³/mol. The molecule has 0 spiro atoms. The molecule has 70 valence electrons. The van der Waals surface area contributed by atoms with E-state index in [0.717, 1.165) is 6.07 Å². The molecule has 0 radical (unpaired) electrons. The van der Waals surface area contributed by atoms with E-state index in [4.69, 9.17) is 17.3 Å². The number of hydrogen-bond donors (Lipinski definition) is 2. The number of hydrogen-bond acceptors (Lipinski definition) is 2. The summed E-state index contributed by atoms with van der Waals surface area (Å²) in [7, 11) is 0. The Kier molecular flexibility index (Phi) is 2.90. The van der Waals surface area contributed by atoms with Crippen LogP contribution >= 0.6 is 11.6 Å². The van der Waals surface area contributed by atoms with Crippen molar-refractivity contribution in [2.75, 3.05) is 0 Å². The molecule has 1 rings (SSSR count). The third-order valence-corrected chi connectivity index (χ3v) is 2.03. The number of phenols is 1. The molecule has 13 heavy (non-hydrogen) atoms. The molecule has 0 aromatic heterocycles. The second-order valence-electron chi connectivity index (χ2n) is 2.55. The molecule has 2 nitrogen and oxygen atoms in total. The quantitative estimate of drug-likeness (QED) is 0.722. The molecule has 3 N–H and O–H groups in total. The molecular formula is C9H9ClFNO. The Labute approximate surface area is 80.4 Å². The fraction of sp³-hybridized carbons (Fsp3) is 0.111. The maximum absolute atomic E-state index is 12.9. The monoisotopic (exact) mass is 201 g/mol. The summed E-state index contributed by atoms with van der Waals surface area (Å²) in [4.78, 5) is 0. The zero-order chi connectivity index (χ0) is 10.0. The average Bonchev–Trinajstić information content (AvgIpc) is 2.12. The Balaban J connectivity index is 3.32. The smallest absolute Gasteiger partial charge is 0.165 e. The highest BCUT2D eigenvalue weighted by molar-refractivity contribution is 6.31. The Hall–Kier alpha value is -1.06. The van der Waals surface area contributed by atoms with Crippen molar-refractivity contribution in [1.82, 2.24) is 0 Å². The third-order valence-electron chi connectivity index (χ3n) is 1.70. The maximum Gasteiger partial charge on any atom is 0.165 e. The number of aromatic hydroxyl groups is 1. The topological polar surface area (TPSA) is 46.2 Å². The highest BCUT2D eigenvalue weighted by Gasteiger charge is 2.15. The SMILES string of the molecule is C=C[C@@H](N)c1c(Cl)ccc(F)c1O. The van der Waals surface area contributed by atoms with Gasteiger partial charge in [-0.2, -0.15) is 0 Å². The summed E-state index contributed by atoms with van der Waals surface area (Å²) >= 11 is 5.72. The summed E-state index contributed by atoms with van der Waals surface area (Å²) in [6, 6.07) is 1.76. The predicted octanol–water partition coefficient (Wildman–Crippen LogP) is 2.37. The maximum atomic E-state index is 12.9. The fourth-order valence-electron chi connectivity index (χ4n) is 0.992. The van der Waals surface area contributed by atoms with E-state index >= 15 is 0 Å². The molecule has 0 saturated carbocycles. The van der Waals surface area contributed by atoms with Crippen molar-refractivity contribution in [2.45, 2.75) is 6.04 Å². The molecule has 0 saturated heterocycles. The normalized spacial score (nSPS) is 12.5. The largest absolute Gasteiger partial charge is 0.505 e. The molecule has 0 unspecified atom stereocenters. The molecule has 1 aromatic rings. The molecule has 1 atom stereocenters. The second-order valence-corrected chi connectivity index (χ2v) is 2.96. The molecule has 0 bridgehead atoms. The number of nitrogens with two attached hydrogens (primary N) is 1. The molecule has 0 aliphatic heterocycles. The van der Waals surface area contributed by atoms with Crippen LogP contribution in [-0.4, -0.2) is 5.11 Å². The first kappa shape index (κ1) is 10.0. The molecule has 1 aromatic carbocycles. The van der Waals surface area contributed by atoms with Crippen LogP contribution in [0.15, 0.2) is 24.8 Å². The number of rotatable bonds is 2. The van der Waals surface area contributed by atoms with Gasteiger partial charge in [0.05, 0.1) is 6.04 Å². The van der Waals surface area contributed by atoms with Crippen LogP contribution in [0.2, 0.25) is 5.02 Å².